The lowest BCUT2D eigenvalue weighted by Gasteiger charge is -2.09. The second kappa shape index (κ2) is 5.46. The van der Waals surface area contributed by atoms with Gasteiger partial charge in [-0.3, -0.25) is 14.9 Å². The maximum absolute atomic E-state index is 11.7. The van der Waals surface area contributed by atoms with Gasteiger partial charge in [-0.05, 0) is 18.2 Å². The van der Waals surface area contributed by atoms with Gasteiger partial charge in [0.05, 0.1) is 17.1 Å². The van der Waals surface area contributed by atoms with E-state index in [9.17, 15) is 14.4 Å². The minimum Gasteiger partial charge on any atom is -0.325 e. The van der Waals surface area contributed by atoms with Crippen molar-refractivity contribution in [3.63, 3.8) is 0 Å². The van der Waals surface area contributed by atoms with Gasteiger partial charge in [0, 0.05) is 5.02 Å². The van der Waals surface area contributed by atoms with Crippen molar-refractivity contribution in [2.45, 2.75) is 12.5 Å². The number of amides is 4. The van der Waals surface area contributed by atoms with Crippen molar-refractivity contribution < 1.29 is 14.4 Å². The Morgan fingerprint density at radius 3 is 2.68 bits per heavy atom. The summed E-state index contributed by atoms with van der Waals surface area (Å²) in [5.74, 6) is -0.983. The third-order valence-electron chi connectivity index (χ3n) is 2.45. The molecule has 0 aromatic heterocycles. The average Bonchev–Trinajstić information content (AvgIpc) is 2.62. The molecule has 1 fully saturated rings. The van der Waals surface area contributed by atoms with Gasteiger partial charge in [0.2, 0.25) is 5.91 Å². The first-order valence-corrected chi connectivity index (χ1v) is 6.07. The number of hydrogen-bond acceptors (Lipinski definition) is 3. The molecule has 1 atom stereocenters. The summed E-state index contributed by atoms with van der Waals surface area (Å²) in [5, 5.41) is 7.65. The molecule has 0 bridgehead atoms. The zero-order valence-corrected chi connectivity index (χ0v) is 11.0. The van der Waals surface area contributed by atoms with Crippen molar-refractivity contribution in [2.24, 2.45) is 0 Å². The van der Waals surface area contributed by atoms with E-state index in [0.29, 0.717) is 15.7 Å². The molecule has 1 aliphatic heterocycles. The predicted octanol–water partition coefficient (Wildman–Crippen LogP) is 1.53. The van der Waals surface area contributed by atoms with E-state index in [2.05, 4.69) is 10.6 Å². The van der Waals surface area contributed by atoms with Gasteiger partial charge >= 0.3 is 6.03 Å². The van der Waals surface area contributed by atoms with Crippen LogP contribution < -0.4 is 16.0 Å². The molecule has 0 spiro atoms. The van der Waals surface area contributed by atoms with E-state index >= 15 is 0 Å². The Morgan fingerprint density at radius 1 is 1.32 bits per heavy atom. The molecular weight excluding hydrogens is 293 g/mol. The minimum atomic E-state index is -0.870. The van der Waals surface area contributed by atoms with Gasteiger partial charge in [-0.25, -0.2) is 4.79 Å². The monoisotopic (exact) mass is 301 g/mol. The second-order valence-corrected chi connectivity index (χ2v) is 4.74. The van der Waals surface area contributed by atoms with Crippen LogP contribution in [0, 0.1) is 0 Å². The van der Waals surface area contributed by atoms with E-state index in [-0.39, 0.29) is 6.42 Å². The summed E-state index contributed by atoms with van der Waals surface area (Å²) in [6.45, 7) is 0. The van der Waals surface area contributed by atoms with Crippen LogP contribution in [0.1, 0.15) is 6.42 Å². The standard InChI is InChI=1S/C11H9Cl2N3O3/c12-5-1-2-6(13)7(3-5)14-9(17)4-8-10(18)16-11(19)15-8/h1-3,8H,4H2,(H,14,17)(H2,15,16,18,19). The maximum atomic E-state index is 11.7. The van der Waals surface area contributed by atoms with Gasteiger partial charge in [0.25, 0.3) is 5.91 Å². The molecule has 6 nitrogen and oxygen atoms in total. The topological polar surface area (TPSA) is 87.3 Å². The third-order valence-corrected chi connectivity index (χ3v) is 3.02. The molecule has 100 valence electrons. The molecule has 0 aliphatic carbocycles. The second-order valence-electron chi connectivity index (χ2n) is 3.89. The van der Waals surface area contributed by atoms with E-state index in [1.807, 2.05) is 5.32 Å². The molecule has 3 N–H and O–H groups in total. The first kappa shape index (κ1) is 13.6. The van der Waals surface area contributed by atoms with E-state index in [1.54, 1.807) is 12.1 Å². The third kappa shape index (κ3) is 3.36. The smallest absolute Gasteiger partial charge is 0.322 e. The Balaban J connectivity index is 2.00. The van der Waals surface area contributed by atoms with Gasteiger partial charge in [-0.1, -0.05) is 23.2 Å². The van der Waals surface area contributed by atoms with Crippen molar-refractivity contribution in [1.29, 1.82) is 0 Å². The molecule has 1 aliphatic rings. The predicted molar refractivity (Wildman–Crippen MR) is 70.2 cm³/mol. The zero-order chi connectivity index (χ0) is 14.0. The largest absolute Gasteiger partial charge is 0.325 e. The van der Waals surface area contributed by atoms with E-state index < -0.39 is 23.9 Å². The number of benzene rings is 1. The van der Waals surface area contributed by atoms with Crippen LogP contribution in [-0.2, 0) is 9.59 Å². The van der Waals surface area contributed by atoms with Crippen LogP contribution in [-0.4, -0.2) is 23.9 Å². The summed E-state index contributed by atoms with van der Waals surface area (Å²) >= 11 is 11.7. The van der Waals surface area contributed by atoms with Crippen LogP contribution in [0.4, 0.5) is 10.5 Å². The molecule has 0 radical (unpaired) electrons. The van der Waals surface area contributed by atoms with Crippen LogP contribution in [0.3, 0.4) is 0 Å². The van der Waals surface area contributed by atoms with E-state index in [4.69, 9.17) is 23.2 Å². The number of carbonyl (C=O) groups excluding carboxylic acids is 3. The number of imide groups is 1. The van der Waals surface area contributed by atoms with Crippen LogP contribution >= 0.6 is 23.2 Å². The number of anilines is 1. The Kier molecular flexibility index (Phi) is 3.92. The quantitative estimate of drug-likeness (QED) is 0.740. The number of urea groups is 1. The van der Waals surface area contributed by atoms with Gasteiger partial charge in [-0.2, -0.15) is 0 Å². The molecule has 1 aromatic carbocycles. The van der Waals surface area contributed by atoms with Crippen molar-refractivity contribution >= 4 is 46.7 Å². The molecule has 19 heavy (non-hydrogen) atoms. The summed E-state index contributed by atoms with van der Waals surface area (Å²) in [7, 11) is 0. The van der Waals surface area contributed by atoms with Crippen molar-refractivity contribution in [1.82, 2.24) is 10.6 Å². The summed E-state index contributed by atoms with van der Waals surface area (Å²) in [4.78, 5) is 33.9. The van der Waals surface area contributed by atoms with Crippen LogP contribution in [0.25, 0.3) is 0 Å². The molecule has 1 aromatic rings. The fourth-order valence-corrected chi connectivity index (χ4v) is 1.92. The van der Waals surface area contributed by atoms with Crippen molar-refractivity contribution in [3.8, 4) is 0 Å². The Morgan fingerprint density at radius 2 is 2.05 bits per heavy atom. The minimum absolute atomic E-state index is 0.180. The lowest BCUT2D eigenvalue weighted by atomic mass is 10.2. The molecule has 1 unspecified atom stereocenters. The average molecular weight is 302 g/mol. The molecule has 1 heterocycles. The highest BCUT2D eigenvalue weighted by molar-refractivity contribution is 6.35. The zero-order valence-electron chi connectivity index (χ0n) is 9.50. The normalized spacial score (nSPS) is 17.9. The molecule has 4 amide bonds. The lowest BCUT2D eigenvalue weighted by Crippen LogP contribution is -2.33. The first-order valence-electron chi connectivity index (χ1n) is 5.32. The summed E-state index contributed by atoms with van der Waals surface area (Å²) in [6, 6.07) is 3.15. The number of nitrogens with one attached hydrogen (secondary N) is 3. The SMILES string of the molecule is O=C(CC1NC(=O)NC1=O)Nc1cc(Cl)ccc1Cl. The molecule has 1 saturated heterocycles. The molecule has 0 saturated carbocycles. The van der Waals surface area contributed by atoms with Gasteiger partial charge in [0.15, 0.2) is 0 Å². The van der Waals surface area contributed by atoms with Gasteiger partial charge in [-0.15, -0.1) is 0 Å². The number of hydrogen-bond donors (Lipinski definition) is 3. The molecule has 8 heteroatoms. The maximum Gasteiger partial charge on any atom is 0.322 e. The first-order chi connectivity index (χ1) is 8.95. The number of carbonyl (C=O) groups is 3. The Bertz CT molecular complexity index is 562. The van der Waals surface area contributed by atoms with Crippen LogP contribution in [0.2, 0.25) is 10.0 Å². The molecule has 2 rings (SSSR count). The Hall–Kier alpha value is -1.79. The Labute approximate surface area is 118 Å². The summed E-state index contributed by atoms with van der Waals surface area (Å²) in [5.41, 5.74) is 0.351. The van der Waals surface area contributed by atoms with E-state index in [0.717, 1.165) is 0 Å². The highest BCUT2D eigenvalue weighted by Crippen LogP contribution is 2.25. The number of halogens is 2. The van der Waals surface area contributed by atoms with Crippen molar-refractivity contribution in [2.75, 3.05) is 5.32 Å². The molecular formula is C11H9Cl2N3O3. The van der Waals surface area contributed by atoms with Crippen molar-refractivity contribution in [3.05, 3.63) is 28.2 Å². The van der Waals surface area contributed by atoms with Gasteiger partial charge in [0.1, 0.15) is 6.04 Å². The summed E-state index contributed by atoms with van der Waals surface area (Å²) < 4.78 is 0. The summed E-state index contributed by atoms with van der Waals surface area (Å²) in [6.07, 6.45) is -0.180. The fraction of sp³-hybridized carbons (Fsp3) is 0.182. The van der Waals surface area contributed by atoms with E-state index in [1.165, 1.54) is 6.07 Å². The fourth-order valence-electron chi connectivity index (χ4n) is 1.58. The van der Waals surface area contributed by atoms with Crippen LogP contribution in [0.5, 0.6) is 0 Å². The van der Waals surface area contributed by atoms with Gasteiger partial charge < -0.3 is 10.6 Å². The lowest BCUT2D eigenvalue weighted by molar-refractivity contribution is -0.124. The highest BCUT2D eigenvalue weighted by atomic mass is 35.5. The number of rotatable bonds is 3. The highest BCUT2D eigenvalue weighted by Gasteiger charge is 2.31. The van der Waals surface area contributed by atoms with Crippen LogP contribution in [0.15, 0.2) is 18.2 Å².